The second-order valence-electron chi connectivity index (χ2n) is 5.98. The van der Waals surface area contributed by atoms with Gasteiger partial charge in [0.25, 0.3) is 5.91 Å². The maximum Gasteiger partial charge on any atom is 0.266 e. The zero-order valence-corrected chi connectivity index (χ0v) is 22.4. The van der Waals surface area contributed by atoms with Gasteiger partial charge in [-0.05, 0) is 113 Å². The van der Waals surface area contributed by atoms with Crippen LogP contribution in [-0.2, 0) is 0 Å². The summed E-state index contributed by atoms with van der Waals surface area (Å²) in [5, 5.41) is 1.97. The SMILES string of the molecule is O=C1c2c(Br)c(Br)c(Br)c(Br)c2C2=Nc3c(Br)c(Br)cc4cccc(c34)N12. The zero-order chi connectivity index (χ0) is 19.2. The zero-order valence-electron chi connectivity index (χ0n) is 12.9. The quantitative estimate of drug-likeness (QED) is 0.168. The molecule has 0 aromatic heterocycles. The molecule has 0 atom stereocenters. The molecule has 9 heteroatoms. The average molecular weight is 744 g/mol. The molecule has 2 aliphatic heterocycles. The van der Waals surface area contributed by atoms with Gasteiger partial charge in [0.2, 0.25) is 0 Å². The molecular formula is C18H4Br6N2O. The first-order chi connectivity index (χ1) is 12.8. The third-order valence-corrected chi connectivity index (χ3v) is 11.3. The highest BCUT2D eigenvalue weighted by molar-refractivity contribution is 9.15. The first-order valence-corrected chi connectivity index (χ1v) is 12.3. The normalized spacial score (nSPS) is 14.5. The molecular weight excluding hydrogens is 740 g/mol. The van der Waals surface area contributed by atoms with E-state index >= 15 is 0 Å². The van der Waals surface area contributed by atoms with Crippen LogP contribution >= 0.6 is 95.6 Å². The molecule has 0 saturated carbocycles. The molecule has 0 spiro atoms. The minimum atomic E-state index is -0.110. The van der Waals surface area contributed by atoms with Gasteiger partial charge in [0.05, 0.1) is 21.4 Å². The Morgan fingerprint density at radius 1 is 0.815 bits per heavy atom. The van der Waals surface area contributed by atoms with Crippen LogP contribution in [0, 0.1) is 0 Å². The van der Waals surface area contributed by atoms with Crippen LogP contribution in [0.1, 0.15) is 15.9 Å². The van der Waals surface area contributed by atoms with Crippen LogP contribution in [0.25, 0.3) is 10.8 Å². The highest BCUT2D eigenvalue weighted by Crippen LogP contribution is 2.52. The van der Waals surface area contributed by atoms with Gasteiger partial charge in [0, 0.05) is 33.3 Å². The van der Waals surface area contributed by atoms with Crippen molar-refractivity contribution in [2.45, 2.75) is 0 Å². The second-order valence-corrected chi connectivity index (χ2v) is 10.8. The molecule has 1 amide bonds. The molecule has 0 unspecified atom stereocenters. The predicted molar refractivity (Wildman–Crippen MR) is 130 cm³/mol. The summed E-state index contributed by atoms with van der Waals surface area (Å²) >= 11 is 21.6. The fraction of sp³-hybridized carbons (Fsp3) is 0. The van der Waals surface area contributed by atoms with Crippen molar-refractivity contribution in [3.63, 3.8) is 0 Å². The Kier molecular flexibility index (Phi) is 4.54. The van der Waals surface area contributed by atoms with Gasteiger partial charge in [-0.25, -0.2) is 4.99 Å². The number of carbonyl (C=O) groups excluding carboxylic acids is 1. The van der Waals surface area contributed by atoms with Gasteiger partial charge >= 0.3 is 0 Å². The number of halogens is 6. The first-order valence-electron chi connectivity index (χ1n) is 7.53. The van der Waals surface area contributed by atoms with E-state index in [4.69, 9.17) is 4.99 Å². The molecule has 0 fully saturated rings. The maximum absolute atomic E-state index is 13.4. The topological polar surface area (TPSA) is 32.7 Å². The number of hydrogen-bond donors (Lipinski definition) is 0. The standard InChI is InChI=1S/C18H4Br6N2O/c19-6-4-5-2-1-3-7-8(5)16(11(6)20)25-17-9-10(18(27)26(7)17)13(22)15(24)14(23)12(9)21/h1-4H. The molecule has 3 aromatic rings. The fourth-order valence-corrected chi connectivity index (χ4v) is 6.75. The van der Waals surface area contributed by atoms with Crippen molar-refractivity contribution >= 4 is 129 Å². The van der Waals surface area contributed by atoms with Crippen LogP contribution < -0.4 is 4.90 Å². The van der Waals surface area contributed by atoms with Crippen molar-refractivity contribution in [3.8, 4) is 0 Å². The number of anilines is 1. The average Bonchev–Trinajstić information content (AvgIpc) is 2.95. The van der Waals surface area contributed by atoms with E-state index in [-0.39, 0.29) is 5.91 Å². The molecule has 0 bridgehead atoms. The Bertz CT molecular complexity index is 1270. The molecule has 27 heavy (non-hydrogen) atoms. The molecule has 0 radical (unpaired) electrons. The highest BCUT2D eigenvalue weighted by atomic mass is 79.9. The van der Waals surface area contributed by atoms with Crippen molar-refractivity contribution in [2.75, 3.05) is 4.90 Å². The van der Waals surface area contributed by atoms with Gasteiger partial charge in [-0.15, -0.1) is 0 Å². The van der Waals surface area contributed by atoms with Gasteiger partial charge in [0.1, 0.15) is 5.84 Å². The number of aliphatic imine (C=N–C) groups is 1. The van der Waals surface area contributed by atoms with E-state index in [1.54, 1.807) is 4.90 Å². The molecule has 2 aliphatic rings. The van der Waals surface area contributed by atoms with Gasteiger partial charge < -0.3 is 0 Å². The number of carbonyl (C=O) groups is 1. The summed E-state index contributed by atoms with van der Waals surface area (Å²) < 4.78 is 4.86. The van der Waals surface area contributed by atoms with Crippen molar-refractivity contribution in [1.82, 2.24) is 0 Å². The number of rotatable bonds is 0. The van der Waals surface area contributed by atoms with E-state index in [0.29, 0.717) is 15.9 Å². The summed E-state index contributed by atoms with van der Waals surface area (Å²) in [6.07, 6.45) is 0. The summed E-state index contributed by atoms with van der Waals surface area (Å²) in [6.45, 7) is 0. The molecule has 0 aliphatic carbocycles. The number of amidine groups is 1. The van der Waals surface area contributed by atoms with Crippen molar-refractivity contribution in [3.05, 3.63) is 62.2 Å². The van der Waals surface area contributed by atoms with Gasteiger partial charge in [-0.1, -0.05) is 12.1 Å². The summed E-state index contributed by atoms with van der Waals surface area (Å²) in [7, 11) is 0. The van der Waals surface area contributed by atoms with Gasteiger partial charge in [-0.3, -0.25) is 9.69 Å². The molecule has 3 aromatic carbocycles. The Balaban J connectivity index is 1.96. The largest absolute Gasteiger partial charge is 0.268 e. The van der Waals surface area contributed by atoms with Crippen LogP contribution in [0.4, 0.5) is 11.4 Å². The molecule has 134 valence electrons. The van der Waals surface area contributed by atoms with Crippen molar-refractivity contribution in [2.24, 2.45) is 4.99 Å². The van der Waals surface area contributed by atoms with Crippen LogP contribution in [0.2, 0.25) is 0 Å². The van der Waals surface area contributed by atoms with E-state index < -0.39 is 0 Å². The van der Waals surface area contributed by atoms with E-state index in [2.05, 4.69) is 95.6 Å². The number of benzene rings is 3. The first kappa shape index (κ1) is 18.9. The lowest BCUT2D eigenvalue weighted by Crippen LogP contribution is -2.31. The Hall–Kier alpha value is -0.0600. The van der Waals surface area contributed by atoms with E-state index in [1.807, 2.05) is 24.3 Å². The fourth-order valence-electron chi connectivity index (χ4n) is 3.45. The number of amides is 1. The number of hydrogen-bond acceptors (Lipinski definition) is 2. The molecule has 3 nitrogen and oxygen atoms in total. The lowest BCUT2D eigenvalue weighted by atomic mass is 10.0. The third-order valence-electron chi connectivity index (χ3n) is 4.59. The lowest BCUT2D eigenvalue weighted by Gasteiger charge is -2.25. The molecule has 5 rings (SSSR count). The lowest BCUT2D eigenvalue weighted by molar-refractivity contribution is 0.101. The van der Waals surface area contributed by atoms with Crippen molar-refractivity contribution < 1.29 is 4.79 Å². The van der Waals surface area contributed by atoms with Crippen LogP contribution in [0.15, 0.2) is 56.1 Å². The number of fused-ring (bicyclic) bond motifs is 4. The predicted octanol–water partition coefficient (Wildman–Crippen LogP) is 8.47. The molecule has 0 saturated heterocycles. The van der Waals surface area contributed by atoms with E-state index in [9.17, 15) is 4.79 Å². The molecule has 0 N–H and O–H groups in total. The van der Waals surface area contributed by atoms with Crippen LogP contribution in [0.3, 0.4) is 0 Å². The van der Waals surface area contributed by atoms with Gasteiger partial charge in [0.15, 0.2) is 0 Å². The highest BCUT2D eigenvalue weighted by Gasteiger charge is 2.43. The smallest absolute Gasteiger partial charge is 0.266 e. The monoisotopic (exact) mass is 738 g/mol. The summed E-state index contributed by atoms with van der Waals surface area (Å²) in [4.78, 5) is 20.0. The minimum Gasteiger partial charge on any atom is -0.268 e. The Morgan fingerprint density at radius 3 is 2.19 bits per heavy atom. The van der Waals surface area contributed by atoms with Crippen LogP contribution in [-0.4, -0.2) is 11.7 Å². The van der Waals surface area contributed by atoms with E-state index in [0.717, 1.165) is 50.1 Å². The summed E-state index contributed by atoms with van der Waals surface area (Å²) in [5.74, 6) is 0.497. The van der Waals surface area contributed by atoms with E-state index in [1.165, 1.54) is 0 Å². The van der Waals surface area contributed by atoms with Crippen LogP contribution in [0.5, 0.6) is 0 Å². The third kappa shape index (κ3) is 2.45. The Morgan fingerprint density at radius 2 is 1.48 bits per heavy atom. The maximum atomic E-state index is 13.4. The minimum absolute atomic E-state index is 0.110. The van der Waals surface area contributed by atoms with Crippen molar-refractivity contribution in [1.29, 1.82) is 0 Å². The summed E-state index contributed by atoms with van der Waals surface area (Å²) in [5.41, 5.74) is 2.98. The number of nitrogens with zero attached hydrogens (tertiary/aromatic N) is 2. The molecule has 2 heterocycles. The second kappa shape index (κ2) is 6.47. The van der Waals surface area contributed by atoms with Gasteiger partial charge in [-0.2, -0.15) is 0 Å². The summed E-state index contributed by atoms with van der Waals surface area (Å²) in [6, 6.07) is 7.96. The Labute approximate surface area is 204 Å².